The zero-order chi connectivity index (χ0) is 16.0. The summed E-state index contributed by atoms with van der Waals surface area (Å²) in [4.78, 5) is 12.5. The molecular formula is C18H11ClN2O2. The molecule has 112 valence electrons. The van der Waals surface area contributed by atoms with E-state index < -0.39 is 0 Å². The van der Waals surface area contributed by atoms with E-state index in [4.69, 9.17) is 11.6 Å². The van der Waals surface area contributed by atoms with E-state index in [-0.39, 0.29) is 5.52 Å². The topological polar surface area (TPSA) is 51.0 Å². The van der Waals surface area contributed by atoms with Gasteiger partial charge in [0.2, 0.25) is 0 Å². The minimum atomic E-state index is 0.255. The molecule has 0 aliphatic carbocycles. The lowest BCUT2D eigenvalue weighted by molar-refractivity contribution is -0.432. The Morgan fingerprint density at radius 2 is 1.48 bits per heavy atom. The molecule has 0 amide bonds. The van der Waals surface area contributed by atoms with Crippen molar-refractivity contribution in [1.82, 2.24) is 4.73 Å². The van der Waals surface area contributed by atoms with Gasteiger partial charge in [0.1, 0.15) is 11.0 Å². The summed E-state index contributed by atoms with van der Waals surface area (Å²) in [5, 5.41) is 13.1. The van der Waals surface area contributed by atoms with Crippen molar-refractivity contribution in [3.63, 3.8) is 0 Å². The zero-order valence-corrected chi connectivity index (χ0v) is 12.7. The third-order valence-electron chi connectivity index (χ3n) is 3.90. The number of benzene rings is 3. The second-order valence-electron chi connectivity index (χ2n) is 5.29. The van der Waals surface area contributed by atoms with Crippen LogP contribution < -0.4 is 4.43 Å². The van der Waals surface area contributed by atoms with Crippen molar-refractivity contribution in [1.29, 1.82) is 0 Å². The maximum absolute atomic E-state index is 12.7. The summed E-state index contributed by atoms with van der Waals surface area (Å²) >= 11 is 5.96. The van der Waals surface area contributed by atoms with E-state index in [0.717, 1.165) is 20.3 Å². The zero-order valence-electron chi connectivity index (χ0n) is 11.9. The van der Waals surface area contributed by atoms with Gasteiger partial charge in [-0.15, -0.1) is 0 Å². The van der Waals surface area contributed by atoms with Crippen LogP contribution in [0.3, 0.4) is 0 Å². The highest BCUT2D eigenvalue weighted by molar-refractivity contribution is 6.31. The number of aromatic nitrogens is 2. The lowest BCUT2D eigenvalue weighted by Gasteiger charge is -2.15. The van der Waals surface area contributed by atoms with E-state index in [0.29, 0.717) is 21.6 Å². The molecule has 0 aliphatic rings. The van der Waals surface area contributed by atoms with Crippen LogP contribution in [0.2, 0.25) is 5.02 Å². The van der Waals surface area contributed by atoms with Crippen LogP contribution in [-0.4, -0.2) is 4.73 Å². The second kappa shape index (κ2) is 5.11. The lowest BCUT2D eigenvalue weighted by Crippen LogP contribution is -2.19. The molecule has 0 atom stereocenters. The van der Waals surface area contributed by atoms with E-state index in [1.54, 1.807) is 24.3 Å². The van der Waals surface area contributed by atoms with Crippen molar-refractivity contribution >= 4 is 33.7 Å². The van der Waals surface area contributed by atoms with Crippen LogP contribution in [0.1, 0.15) is 0 Å². The Morgan fingerprint density at radius 3 is 2.22 bits per heavy atom. The minimum Gasteiger partial charge on any atom is -0.805 e. The van der Waals surface area contributed by atoms with Crippen LogP contribution in [0.4, 0.5) is 0 Å². The van der Waals surface area contributed by atoms with E-state index in [9.17, 15) is 10.1 Å². The van der Waals surface area contributed by atoms with Crippen LogP contribution >= 0.6 is 11.6 Å². The first-order valence-corrected chi connectivity index (χ1v) is 7.46. The van der Waals surface area contributed by atoms with Gasteiger partial charge in [0.05, 0.1) is 4.43 Å². The SMILES string of the molecule is O=[n+]1c2ccc(Cl)cc2n([O-])c2cc(-c3ccccc3)ccc21. The summed E-state index contributed by atoms with van der Waals surface area (Å²) in [6, 6.07) is 19.6. The number of fused-ring (bicyclic) bond motifs is 2. The highest BCUT2D eigenvalue weighted by Gasteiger charge is 2.16. The Morgan fingerprint density at radius 1 is 0.826 bits per heavy atom. The molecule has 4 rings (SSSR count). The van der Waals surface area contributed by atoms with Crippen molar-refractivity contribution in [3.8, 4) is 11.1 Å². The number of nitrogens with zero attached hydrogens (tertiary/aromatic N) is 2. The first-order chi connectivity index (χ1) is 11.1. The van der Waals surface area contributed by atoms with Gasteiger partial charge in [-0.3, -0.25) is 0 Å². The van der Waals surface area contributed by atoms with Crippen LogP contribution in [0.15, 0.2) is 66.7 Å². The van der Waals surface area contributed by atoms with Crippen molar-refractivity contribution < 1.29 is 4.43 Å². The molecular weight excluding hydrogens is 312 g/mol. The maximum Gasteiger partial charge on any atom is 0.286 e. The highest BCUT2D eigenvalue weighted by Crippen LogP contribution is 2.25. The molecule has 0 radical (unpaired) electrons. The normalized spacial score (nSPS) is 11.2. The molecule has 0 bridgehead atoms. The molecule has 1 heterocycles. The minimum absolute atomic E-state index is 0.255. The first kappa shape index (κ1) is 13.8. The third-order valence-corrected chi connectivity index (χ3v) is 4.13. The molecule has 0 saturated carbocycles. The maximum atomic E-state index is 12.7. The predicted octanol–water partition coefficient (Wildman–Crippen LogP) is 4.38. The molecule has 0 spiro atoms. The van der Waals surface area contributed by atoms with Gasteiger partial charge in [-0.25, -0.2) is 0 Å². The second-order valence-corrected chi connectivity index (χ2v) is 5.73. The lowest BCUT2D eigenvalue weighted by atomic mass is 10.1. The molecule has 0 aliphatic heterocycles. The van der Waals surface area contributed by atoms with Gasteiger partial charge in [0, 0.05) is 22.1 Å². The Balaban J connectivity index is 2.11. The van der Waals surface area contributed by atoms with Crippen LogP contribution in [0.25, 0.3) is 33.2 Å². The van der Waals surface area contributed by atoms with Crippen molar-refractivity contribution in [2.45, 2.75) is 0 Å². The summed E-state index contributed by atoms with van der Waals surface area (Å²) < 4.78 is 1.53. The number of hydrogen-bond acceptors (Lipinski definition) is 2. The van der Waals surface area contributed by atoms with E-state index in [1.807, 2.05) is 36.4 Å². The van der Waals surface area contributed by atoms with Crippen molar-refractivity contribution in [2.24, 2.45) is 0 Å². The number of halogens is 1. The monoisotopic (exact) mass is 322 g/mol. The molecule has 3 aromatic carbocycles. The standard InChI is InChI=1S/C18H11ClN2O2/c19-14-7-9-16-18(11-14)21(23)17-10-13(6-8-15(17)20(16)22)12-4-2-1-3-5-12/h1-11H. The first-order valence-electron chi connectivity index (χ1n) is 7.09. The molecule has 0 N–H and O–H groups in total. The molecule has 0 saturated heterocycles. The Hall–Kier alpha value is -2.85. The average molecular weight is 323 g/mol. The summed E-state index contributed by atoms with van der Waals surface area (Å²) in [7, 11) is 0. The van der Waals surface area contributed by atoms with Gasteiger partial charge in [-0.05, 0) is 35.4 Å². The Kier molecular flexibility index (Phi) is 3.06. The summed E-state index contributed by atoms with van der Waals surface area (Å²) in [5.41, 5.74) is 3.06. The number of hydrogen-bond donors (Lipinski definition) is 0. The van der Waals surface area contributed by atoms with Gasteiger partial charge in [-0.2, -0.15) is 0 Å². The van der Waals surface area contributed by atoms with Crippen LogP contribution in [0.5, 0.6) is 0 Å². The van der Waals surface area contributed by atoms with Crippen molar-refractivity contribution in [2.75, 3.05) is 0 Å². The van der Waals surface area contributed by atoms with Gasteiger partial charge in [0.15, 0.2) is 0 Å². The van der Waals surface area contributed by atoms with Crippen LogP contribution in [0, 0.1) is 10.1 Å². The summed E-state index contributed by atoms with van der Waals surface area (Å²) in [6.07, 6.45) is 0. The molecule has 0 unspecified atom stereocenters. The van der Waals surface area contributed by atoms with Gasteiger partial charge < -0.3 is 9.94 Å². The fourth-order valence-electron chi connectivity index (χ4n) is 2.76. The van der Waals surface area contributed by atoms with Gasteiger partial charge in [0.25, 0.3) is 11.0 Å². The largest absolute Gasteiger partial charge is 0.805 e. The van der Waals surface area contributed by atoms with Gasteiger partial charge in [-0.1, -0.05) is 41.9 Å². The molecule has 5 heteroatoms. The highest BCUT2D eigenvalue weighted by atomic mass is 35.5. The summed E-state index contributed by atoms with van der Waals surface area (Å²) in [5.74, 6) is 0. The fraction of sp³-hybridized carbons (Fsp3) is 0. The molecule has 23 heavy (non-hydrogen) atoms. The van der Waals surface area contributed by atoms with E-state index >= 15 is 0 Å². The van der Waals surface area contributed by atoms with Gasteiger partial charge >= 0.3 is 0 Å². The molecule has 1 aromatic heterocycles. The quantitative estimate of drug-likeness (QED) is 0.386. The Bertz CT molecular complexity index is 1100. The fourth-order valence-corrected chi connectivity index (χ4v) is 2.92. The summed E-state index contributed by atoms with van der Waals surface area (Å²) in [6.45, 7) is 0. The third kappa shape index (κ3) is 2.15. The number of rotatable bonds is 1. The average Bonchev–Trinajstić information content (AvgIpc) is 2.60. The predicted molar refractivity (Wildman–Crippen MR) is 92.0 cm³/mol. The smallest absolute Gasteiger partial charge is 0.286 e. The molecule has 4 aromatic rings. The Labute approximate surface area is 136 Å². The molecule has 4 nitrogen and oxygen atoms in total. The van der Waals surface area contributed by atoms with E-state index in [2.05, 4.69) is 0 Å². The van der Waals surface area contributed by atoms with E-state index in [1.165, 1.54) is 6.07 Å². The van der Waals surface area contributed by atoms with Crippen molar-refractivity contribution in [3.05, 3.63) is 81.9 Å². The van der Waals surface area contributed by atoms with Crippen LogP contribution in [-0.2, 0) is 0 Å². The molecule has 0 fully saturated rings.